The smallest absolute Gasteiger partial charge is 0.253 e. The molecule has 1 aromatic heterocycles. The second kappa shape index (κ2) is 6.40. The number of aryl methyl sites for hydroxylation is 1. The van der Waals surface area contributed by atoms with E-state index in [0.29, 0.717) is 5.56 Å². The molecule has 0 saturated carbocycles. The minimum atomic E-state index is 0.0532. The minimum Gasteiger partial charge on any atom is -0.339 e. The van der Waals surface area contributed by atoms with Crippen molar-refractivity contribution >= 4 is 28.5 Å². The maximum absolute atomic E-state index is 12.9. The van der Waals surface area contributed by atoms with E-state index in [4.69, 9.17) is 11.6 Å². The van der Waals surface area contributed by atoms with E-state index in [-0.39, 0.29) is 11.3 Å². The minimum absolute atomic E-state index is 0.0532. The first-order valence-electron chi connectivity index (χ1n) is 8.81. The van der Waals surface area contributed by atoms with E-state index >= 15 is 0 Å². The van der Waals surface area contributed by atoms with E-state index in [1.54, 1.807) is 4.68 Å². The molecular formula is C20H21ClN4O. The number of hydrogen-bond donors (Lipinski definition) is 0. The number of fused-ring (bicyclic) bond motifs is 1. The maximum Gasteiger partial charge on any atom is 0.253 e. The molecule has 0 spiro atoms. The van der Waals surface area contributed by atoms with Gasteiger partial charge in [0.1, 0.15) is 5.52 Å². The van der Waals surface area contributed by atoms with Crippen LogP contribution in [0, 0.1) is 0 Å². The van der Waals surface area contributed by atoms with Gasteiger partial charge in [-0.15, -0.1) is 5.10 Å². The lowest BCUT2D eigenvalue weighted by molar-refractivity contribution is 0.0676. The summed E-state index contributed by atoms with van der Waals surface area (Å²) in [6.45, 7) is 3.74. The first-order valence-corrected chi connectivity index (χ1v) is 9.19. The fraction of sp³-hybridized carbons (Fsp3) is 0.350. The van der Waals surface area contributed by atoms with Crippen LogP contribution in [0.15, 0.2) is 42.5 Å². The van der Waals surface area contributed by atoms with Crippen molar-refractivity contribution in [2.24, 2.45) is 7.05 Å². The average Bonchev–Trinajstić information content (AvgIpc) is 3.02. The molecular weight excluding hydrogens is 348 g/mol. The quantitative estimate of drug-likeness (QED) is 0.691. The Morgan fingerprint density at radius 3 is 2.65 bits per heavy atom. The highest BCUT2D eigenvalue weighted by Crippen LogP contribution is 2.36. The van der Waals surface area contributed by atoms with Gasteiger partial charge in [0.2, 0.25) is 0 Å². The van der Waals surface area contributed by atoms with Gasteiger partial charge in [0, 0.05) is 30.7 Å². The van der Waals surface area contributed by atoms with Crippen molar-refractivity contribution in [1.29, 1.82) is 0 Å². The maximum atomic E-state index is 12.9. The van der Waals surface area contributed by atoms with E-state index in [1.807, 2.05) is 48.3 Å². The van der Waals surface area contributed by atoms with Gasteiger partial charge in [-0.1, -0.05) is 35.9 Å². The number of aromatic nitrogens is 3. The largest absolute Gasteiger partial charge is 0.339 e. The molecule has 6 heteroatoms. The zero-order valence-electron chi connectivity index (χ0n) is 14.9. The van der Waals surface area contributed by atoms with Crippen LogP contribution in [0.2, 0.25) is 5.02 Å². The van der Waals surface area contributed by atoms with Gasteiger partial charge in [0.25, 0.3) is 5.91 Å². The van der Waals surface area contributed by atoms with Gasteiger partial charge in [-0.2, -0.15) is 0 Å². The van der Waals surface area contributed by atoms with Crippen LogP contribution in [0.4, 0.5) is 0 Å². The standard InChI is InChI=1S/C20H21ClN4O/c1-20(15-4-3-5-16(21)13-15)8-10-25(11-9-20)19(26)14-6-7-17-18(12-14)24(2)23-22-17/h3-7,12-13H,8-11H2,1-2H3. The van der Waals surface area contributed by atoms with Crippen molar-refractivity contribution < 1.29 is 4.79 Å². The molecule has 134 valence electrons. The summed E-state index contributed by atoms with van der Waals surface area (Å²) in [7, 11) is 1.83. The van der Waals surface area contributed by atoms with E-state index in [0.717, 1.165) is 42.0 Å². The van der Waals surface area contributed by atoms with E-state index in [9.17, 15) is 4.79 Å². The number of amides is 1. The van der Waals surface area contributed by atoms with Gasteiger partial charge < -0.3 is 4.90 Å². The number of piperidine rings is 1. The molecule has 3 aromatic rings. The molecule has 1 aliphatic heterocycles. The summed E-state index contributed by atoms with van der Waals surface area (Å²) in [5, 5.41) is 8.83. The Morgan fingerprint density at radius 1 is 1.15 bits per heavy atom. The number of hydrogen-bond acceptors (Lipinski definition) is 3. The van der Waals surface area contributed by atoms with Crippen LogP contribution in [0.5, 0.6) is 0 Å². The molecule has 0 unspecified atom stereocenters. The zero-order chi connectivity index (χ0) is 18.3. The molecule has 1 fully saturated rings. The van der Waals surface area contributed by atoms with Crippen molar-refractivity contribution in [1.82, 2.24) is 19.9 Å². The lowest BCUT2D eigenvalue weighted by atomic mass is 9.74. The van der Waals surface area contributed by atoms with E-state index < -0.39 is 0 Å². The Kier molecular flexibility index (Phi) is 4.19. The average molecular weight is 369 g/mol. The van der Waals surface area contributed by atoms with Crippen LogP contribution in [0.3, 0.4) is 0 Å². The number of nitrogens with zero attached hydrogens (tertiary/aromatic N) is 4. The van der Waals surface area contributed by atoms with Gasteiger partial charge in [-0.05, 0) is 54.2 Å². The Balaban J connectivity index is 1.51. The third kappa shape index (κ3) is 2.97. The predicted octanol–water partition coefficient (Wildman–Crippen LogP) is 3.82. The number of likely N-dealkylation sites (tertiary alicyclic amines) is 1. The zero-order valence-corrected chi connectivity index (χ0v) is 15.7. The second-order valence-corrected chi connectivity index (χ2v) is 7.72. The summed E-state index contributed by atoms with van der Waals surface area (Å²) in [5.74, 6) is 0.0706. The van der Waals surface area contributed by atoms with Gasteiger partial charge in [-0.3, -0.25) is 4.79 Å². The van der Waals surface area contributed by atoms with Crippen molar-refractivity contribution in [3.8, 4) is 0 Å². The molecule has 0 radical (unpaired) electrons. The first-order chi connectivity index (χ1) is 12.5. The third-order valence-corrected chi connectivity index (χ3v) is 5.77. The molecule has 0 atom stereocenters. The monoisotopic (exact) mass is 368 g/mol. The second-order valence-electron chi connectivity index (χ2n) is 7.28. The normalized spacial score (nSPS) is 16.8. The highest BCUT2D eigenvalue weighted by molar-refractivity contribution is 6.30. The number of carbonyl (C=O) groups excluding carboxylic acids is 1. The highest BCUT2D eigenvalue weighted by atomic mass is 35.5. The SMILES string of the molecule is Cn1nnc2ccc(C(=O)N3CCC(C)(c4cccc(Cl)c4)CC3)cc21. The van der Waals surface area contributed by atoms with E-state index in [2.05, 4.69) is 23.3 Å². The number of halogens is 1. The lowest BCUT2D eigenvalue weighted by Crippen LogP contribution is -2.43. The molecule has 5 nitrogen and oxygen atoms in total. The van der Waals surface area contributed by atoms with Crippen molar-refractivity contribution in [2.75, 3.05) is 13.1 Å². The molecule has 0 bridgehead atoms. The summed E-state index contributed by atoms with van der Waals surface area (Å²) in [6, 6.07) is 13.6. The summed E-state index contributed by atoms with van der Waals surface area (Å²) in [5.41, 5.74) is 3.67. The van der Waals surface area contributed by atoms with Gasteiger partial charge in [0.05, 0.1) is 5.52 Å². The Hall–Kier alpha value is -2.40. The Bertz CT molecular complexity index is 973. The van der Waals surface area contributed by atoms with Gasteiger partial charge in [0.15, 0.2) is 0 Å². The van der Waals surface area contributed by atoms with Gasteiger partial charge >= 0.3 is 0 Å². The van der Waals surface area contributed by atoms with Crippen LogP contribution in [0.25, 0.3) is 11.0 Å². The van der Waals surface area contributed by atoms with Crippen LogP contribution in [-0.4, -0.2) is 38.9 Å². The third-order valence-electron chi connectivity index (χ3n) is 5.53. The van der Waals surface area contributed by atoms with Crippen LogP contribution < -0.4 is 0 Å². The van der Waals surface area contributed by atoms with Crippen molar-refractivity contribution in [3.63, 3.8) is 0 Å². The molecule has 0 aliphatic carbocycles. The number of benzene rings is 2. The topological polar surface area (TPSA) is 51.0 Å². The lowest BCUT2D eigenvalue weighted by Gasteiger charge is -2.40. The molecule has 1 amide bonds. The molecule has 0 N–H and O–H groups in total. The van der Waals surface area contributed by atoms with Crippen LogP contribution in [0.1, 0.15) is 35.7 Å². The van der Waals surface area contributed by atoms with Crippen molar-refractivity contribution in [3.05, 3.63) is 58.6 Å². The fourth-order valence-electron chi connectivity index (χ4n) is 3.70. The molecule has 2 heterocycles. The Morgan fingerprint density at radius 2 is 1.92 bits per heavy atom. The number of rotatable bonds is 2. The predicted molar refractivity (Wildman–Crippen MR) is 102 cm³/mol. The summed E-state index contributed by atoms with van der Waals surface area (Å²) < 4.78 is 1.69. The van der Waals surface area contributed by atoms with E-state index in [1.165, 1.54) is 5.56 Å². The Labute approximate surface area is 157 Å². The first kappa shape index (κ1) is 17.0. The molecule has 2 aromatic carbocycles. The van der Waals surface area contributed by atoms with Crippen LogP contribution in [-0.2, 0) is 12.5 Å². The van der Waals surface area contributed by atoms with Crippen molar-refractivity contribution in [2.45, 2.75) is 25.2 Å². The number of carbonyl (C=O) groups is 1. The molecule has 4 rings (SSSR count). The molecule has 1 saturated heterocycles. The molecule has 26 heavy (non-hydrogen) atoms. The highest BCUT2D eigenvalue weighted by Gasteiger charge is 2.33. The van der Waals surface area contributed by atoms with Crippen LogP contribution >= 0.6 is 11.6 Å². The fourth-order valence-corrected chi connectivity index (χ4v) is 3.89. The van der Waals surface area contributed by atoms with Gasteiger partial charge in [-0.25, -0.2) is 4.68 Å². The summed E-state index contributed by atoms with van der Waals surface area (Å²) in [6.07, 6.45) is 1.85. The molecule has 1 aliphatic rings. The summed E-state index contributed by atoms with van der Waals surface area (Å²) in [4.78, 5) is 14.9. The summed E-state index contributed by atoms with van der Waals surface area (Å²) >= 11 is 6.16.